The lowest BCUT2D eigenvalue weighted by Crippen LogP contribution is -2.41. The van der Waals surface area contributed by atoms with E-state index >= 15 is 0 Å². The lowest BCUT2D eigenvalue weighted by Gasteiger charge is -2.15. The second-order valence-corrected chi connectivity index (χ2v) is 4.75. The summed E-state index contributed by atoms with van der Waals surface area (Å²) >= 11 is 5.81. The second-order valence-electron chi connectivity index (χ2n) is 4.31. The number of rotatable bonds is 6. The summed E-state index contributed by atoms with van der Waals surface area (Å²) in [4.78, 5) is 0. The standard InChI is InChI=1S/C13H17ClN4O/c1-18-7-6-11(17-18)8-12(16-15)9-19-13-4-2-10(14)3-5-13/h2-7,12,16H,8-9,15H2,1H3. The minimum absolute atomic E-state index is 0.00516. The average Bonchev–Trinajstić information content (AvgIpc) is 2.82. The quantitative estimate of drug-likeness (QED) is 0.622. The van der Waals surface area contributed by atoms with Gasteiger partial charge in [-0.2, -0.15) is 5.10 Å². The molecule has 1 atom stereocenters. The number of nitrogens with zero attached hydrogens (tertiary/aromatic N) is 2. The van der Waals surface area contributed by atoms with Crippen LogP contribution in [0.1, 0.15) is 5.69 Å². The number of nitrogens with one attached hydrogen (secondary N) is 1. The van der Waals surface area contributed by atoms with Crippen molar-refractivity contribution in [1.29, 1.82) is 0 Å². The number of benzene rings is 1. The van der Waals surface area contributed by atoms with Crippen LogP contribution in [-0.4, -0.2) is 22.4 Å². The molecular formula is C13H17ClN4O. The Morgan fingerprint density at radius 3 is 2.68 bits per heavy atom. The summed E-state index contributed by atoms with van der Waals surface area (Å²) in [6.45, 7) is 0.467. The maximum atomic E-state index is 5.81. The van der Waals surface area contributed by atoms with Gasteiger partial charge in [0.05, 0.1) is 11.7 Å². The number of hydrogen-bond donors (Lipinski definition) is 2. The van der Waals surface area contributed by atoms with Gasteiger partial charge in [0.1, 0.15) is 12.4 Å². The highest BCUT2D eigenvalue weighted by molar-refractivity contribution is 6.30. The molecule has 0 radical (unpaired) electrons. The van der Waals surface area contributed by atoms with Gasteiger partial charge < -0.3 is 4.74 Å². The van der Waals surface area contributed by atoms with Crippen molar-refractivity contribution in [2.75, 3.05) is 6.61 Å². The Hall–Kier alpha value is -1.56. The lowest BCUT2D eigenvalue weighted by atomic mass is 10.2. The highest BCUT2D eigenvalue weighted by atomic mass is 35.5. The maximum absolute atomic E-state index is 5.81. The van der Waals surface area contributed by atoms with Gasteiger partial charge in [0.2, 0.25) is 0 Å². The Morgan fingerprint density at radius 2 is 2.11 bits per heavy atom. The fourth-order valence-corrected chi connectivity index (χ4v) is 1.84. The van der Waals surface area contributed by atoms with E-state index in [1.165, 1.54) is 0 Å². The zero-order chi connectivity index (χ0) is 13.7. The van der Waals surface area contributed by atoms with E-state index in [0.717, 1.165) is 11.4 Å². The second kappa shape index (κ2) is 6.56. The minimum Gasteiger partial charge on any atom is -0.492 e. The van der Waals surface area contributed by atoms with Gasteiger partial charge in [-0.3, -0.25) is 16.0 Å². The normalized spacial score (nSPS) is 12.4. The molecule has 0 aliphatic carbocycles. The van der Waals surface area contributed by atoms with Crippen molar-refractivity contribution >= 4 is 11.6 Å². The summed E-state index contributed by atoms with van der Waals surface area (Å²) in [5, 5.41) is 5.00. The molecule has 19 heavy (non-hydrogen) atoms. The molecule has 0 bridgehead atoms. The van der Waals surface area contributed by atoms with Crippen molar-refractivity contribution in [3.63, 3.8) is 0 Å². The third kappa shape index (κ3) is 4.24. The Morgan fingerprint density at radius 1 is 1.37 bits per heavy atom. The summed E-state index contributed by atoms with van der Waals surface area (Å²) < 4.78 is 7.42. The zero-order valence-corrected chi connectivity index (χ0v) is 11.5. The summed E-state index contributed by atoms with van der Waals surface area (Å²) in [6, 6.07) is 9.21. The molecule has 2 rings (SSSR count). The first-order chi connectivity index (χ1) is 9.17. The van der Waals surface area contributed by atoms with E-state index in [0.29, 0.717) is 18.1 Å². The molecule has 1 unspecified atom stereocenters. The first-order valence-electron chi connectivity index (χ1n) is 6.00. The fourth-order valence-electron chi connectivity index (χ4n) is 1.72. The predicted molar refractivity (Wildman–Crippen MR) is 75.0 cm³/mol. The molecule has 0 amide bonds. The molecule has 2 aromatic rings. The third-order valence-electron chi connectivity index (χ3n) is 2.72. The molecule has 3 N–H and O–H groups in total. The van der Waals surface area contributed by atoms with E-state index in [2.05, 4.69) is 10.5 Å². The van der Waals surface area contributed by atoms with Crippen LogP contribution in [0.3, 0.4) is 0 Å². The minimum atomic E-state index is 0.00516. The largest absolute Gasteiger partial charge is 0.492 e. The molecule has 1 aromatic carbocycles. The van der Waals surface area contributed by atoms with Gasteiger partial charge in [-0.15, -0.1) is 0 Å². The molecule has 0 aliphatic heterocycles. The molecule has 0 aliphatic rings. The number of ether oxygens (including phenoxy) is 1. The van der Waals surface area contributed by atoms with E-state index in [1.54, 1.807) is 16.8 Å². The van der Waals surface area contributed by atoms with E-state index in [1.807, 2.05) is 31.4 Å². The van der Waals surface area contributed by atoms with Crippen molar-refractivity contribution in [1.82, 2.24) is 15.2 Å². The molecule has 102 valence electrons. The molecule has 0 saturated heterocycles. The van der Waals surface area contributed by atoms with E-state index in [4.69, 9.17) is 22.2 Å². The van der Waals surface area contributed by atoms with Crippen LogP contribution in [0.5, 0.6) is 5.75 Å². The molecule has 6 heteroatoms. The highest BCUT2D eigenvalue weighted by Crippen LogP contribution is 2.15. The predicted octanol–water partition coefficient (Wildman–Crippen LogP) is 1.53. The van der Waals surface area contributed by atoms with E-state index < -0.39 is 0 Å². The highest BCUT2D eigenvalue weighted by Gasteiger charge is 2.10. The SMILES string of the molecule is Cn1ccc(CC(COc2ccc(Cl)cc2)NN)n1. The molecule has 5 nitrogen and oxygen atoms in total. The number of hydrazine groups is 1. The smallest absolute Gasteiger partial charge is 0.119 e. The molecule has 0 fully saturated rings. The van der Waals surface area contributed by atoms with E-state index in [-0.39, 0.29) is 6.04 Å². The van der Waals surface area contributed by atoms with E-state index in [9.17, 15) is 0 Å². The van der Waals surface area contributed by atoms with Crippen molar-refractivity contribution in [2.24, 2.45) is 12.9 Å². The van der Waals surface area contributed by atoms with Crippen molar-refractivity contribution in [3.8, 4) is 5.75 Å². The summed E-state index contributed by atoms with van der Waals surface area (Å²) in [7, 11) is 1.89. The fraction of sp³-hybridized carbons (Fsp3) is 0.308. The molecule has 1 heterocycles. The van der Waals surface area contributed by atoms with Crippen LogP contribution in [-0.2, 0) is 13.5 Å². The van der Waals surface area contributed by atoms with Gasteiger partial charge in [-0.05, 0) is 30.3 Å². The Kier molecular flexibility index (Phi) is 4.79. The number of halogens is 1. The van der Waals surface area contributed by atoms with Crippen LogP contribution in [0, 0.1) is 0 Å². The molecule has 1 aromatic heterocycles. The van der Waals surface area contributed by atoms with Gasteiger partial charge in [-0.1, -0.05) is 11.6 Å². The summed E-state index contributed by atoms with van der Waals surface area (Å²) in [5.74, 6) is 6.30. The Balaban J connectivity index is 1.87. The first-order valence-corrected chi connectivity index (χ1v) is 6.38. The van der Waals surface area contributed by atoms with Gasteiger partial charge in [0.25, 0.3) is 0 Å². The summed E-state index contributed by atoms with van der Waals surface area (Å²) in [5.41, 5.74) is 3.72. The number of nitrogens with two attached hydrogens (primary N) is 1. The first kappa shape index (κ1) is 13.9. The molecular weight excluding hydrogens is 264 g/mol. The molecule has 0 saturated carbocycles. The molecule has 0 spiro atoms. The number of aryl methyl sites for hydroxylation is 1. The number of aromatic nitrogens is 2. The monoisotopic (exact) mass is 280 g/mol. The van der Waals surface area contributed by atoms with Gasteiger partial charge in [-0.25, -0.2) is 0 Å². The Bertz CT molecular complexity index is 512. The van der Waals surface area contributed by atoms with Crippen LogP contribution >= 0.6 is 11.6 Å². The van der Waals surface area contributed by atoms with Gasteiger partial charge in [0.15, 0.2) is 0 Å². The van der Waals surface area contributed by atoms with Gasteiger partial charge in [0, 0.05) is 24.7 Å². The third-order valence-corrected chi connectivity index (χ3v) is 2.98. The number of hydrogen-bond acceptors (Lipinski definition) is 4. The maximum Gasteiger partial charge on any atom is 0.119 e. The Labute approximate surface area is 117 Å². The zero-order valence-electron chi connectivity index (χ0n) is 10.7. The van der Waals surface area contributed by atoms with Crippen molar-refractivity contribution in [3.05, 3.63) is 47.2 Å². The van der Waals surface area contributed by atoms with Crippen LogP contribution < -0.4 is 16.0 Å². The van der Waals surface area contributed by atoms with Crippen LogP contribution in [0.2, 0.25) is 5.02 Å². The average molecular weight is 281 g/mol. The topological polar surface area (TPSA) is 65.1 Å². The van der Waals surface area contributed by atoms with Crippen LogP contribution in [0.25, 0.3) is 0 Å². The van der Waals surface area contributed by atoms with Crippen molar-refractivity contribution < 1.29 is 4.74 Å². The summed E-state index contributed by atoms with van der Waals surface area (Å²) in [6.07, 6.45) is 2.62. The van der Waals surface area contributed by atoms with Crippen molar-refractivity contribution in [2.45, 2.75) is 12.5 Å². The lowest BCUT2D eigenvalue weighted by molar-refractivity contribution is 0.263. The van der Waals surface area contributed by atoms with Gasteiger partial charge >= 0.3 is 0 Å². The van der Waals surface area contributed by atoms with Crippen LogP contribution in [0.4, 0.5) is 0 Å². The van der Waals surface area contributed by atoms with Crippen LogP contribution in [0.15, 0.2) is 36.5 Å².